The van der Waals surface area contributed by atoms with E-state index < -0.39 is 0 Å². The fourth-order valence-electron chi connectivity index (χ4n) is 4.26. The van der Waals surface area contributed by atoms with Crippen LogP contribution in [0, 0.1) is 13.8 Å². The summed E-state index contributed by atoms with van der Waals surface area (Å²) in [5.74, 6) is 2.64. The molecule has 1 unspecified atom stereocenters. The summed E-state index contributed by atoms with van der Waals surface area (Å²) in [7, 11) is 0. The van der Waals surface area contributed by atoms with Crippen molar-refractivity contribution >= 4 is 17.7 Å². The number of fused-ring (bicyclic) bond motifs is 1. The Bertz CT molecular complexity index is 1130. The van der Waals surface area contributed by atoms with E-state index in [0.29, 0.717) is 24.8 Å². The third-order valence-electron chi connectivity index (χ3n) is 5.72. The number of aryl methyl sites for hydroxylation is 2. The lowest BCUT2D eigenvalue weighted by Gasteiger charge is -2.26. The highest BCUT2D eigenvalue weighted by Gasteiger charge is 2.30. The average Bonchev–Trinajstić information content (AvgIpc) is 3.44. The van der Waals surface area contributed by atoms with Crippen LogP contribution in [0.15, 0.2) is 41.4 Å². The first-order chi connectivity index (χ1) is 15.6. The average molecular weight is 452 g/mol. The van der Waals surface area contributed by atoms with Crippen molar-refractivity contribution in [3.63, 3.8) is 0 Å². The van der Waals surface area contributed by atoms with Gasteiger partial charge in [-0.2, -0.15) is 5.10 Å². The zero-order valence-electron chi connectivity index (χ0n) is 18.2. The van der Waals surface area contributed by atoms with E-state index in [1.54, 1.807) is 4.68 Å². The smallest absolute Gasteiger partial charge is 0.233 e. The van der Waals surface area contributed by atoms with Crippen LogP contribution in [0.25, 0.3) is 5.82 Å². The van der Waals surface area contributed by atoms with Crippen LogP contribution >= 0.6 is 11.8 Å². The monoisotopic (exact) mass is 451 g/mol. The highest BCUT2D eigenvalue weighted by Crippen LogP contribution is 2.38. The van der Waals surface area contributed by atoms with Crippen LogP contribution in [-0.4, -0.2) is 56.3 Å². The summed E-state index contributed by atoms with van der Waals surface area (Å²) >= 11 is 1.41. The molecule has 8 nitrogen and oxygen atoms in total. The second kappa shape index (κ2) is 8.82. The predicted molar refractivity (Wildman–Crippen MR) is 120 cm³/mol. The Morgan fingerprint density at radius 1 is 1.09 bits per heavy atom. The van der Waals surface area contributed by atoms with Crippen molar-refractivity contribution in [1.29, 1.82) is 0 Å². The summed E-state index contributed by atoms with van der Waals surface area (Å²) in [4.78, 5) is 15.0. The number of carbonyl (C=O) groups is 1. The standard InChI is InChI=1S/C23H25N5O3S/c1-15-12-16(2)28(26-15)21-7-8-22(25-24-21)32-14-23(29)27-9-3-4-18(27)17-5-6-19-20(13-17)31-11-10-30-19/h5-8,12-13,18H,3-4,9-11,14H2,1-2H3. The molecule has 166 valence electrons. The number of thioether (sulfide) groups is 1. The molecule has 1 atom stereocenters. The van der Waals surface area contributed by atoms with Gasteiger partial charge >= 0.3 is 0 Å². The Morgan fingerprint density at radius 2 is 1.94 bits per heavy atom. The molecule has 2 aliphatic rings. The van der Waals surface area contributed by atoms with E-state index >= 15 is 0 Å². The molecule has 1 amide bonds. The minimum absolute atomic E-state index is 0.0680. The molecule has 0 N–H and O–H groups in total. The molecular formula is C23H25N5O3S. The number of carbonyl (C=O) groups excluding carboxylic acids is 1. The van der Waals surface area contributed by atoms with Gasteiger partial charge in [-0.05, 0) is 62.6 Å². The maximum Gasteiger partial charge on any atom is 0.233 e. The van der Waals surface area contributed by atoms with Gasteiger partial charge in [0.2, 0.25) is 5.91 Å². The summed E-state index contributed by atoms with van der Waals surface area (Å²) in [6, 6.07) is 11.8. The number of rotatable bonds is 5. The van der Waals surface area contributed by atoms with Gasteiger partial charge in [0, 0.05) is 12.2 Å². The molecule has 2 aliphatic heterocycles. The van der Waals surface area contributed by atoms with Gasteiger partial charge < -0.3 is 14.4 Å². The number of benzene rings is 1. The number of hydrogen-bond acceptors (Lipinski definition) is 7. The third-order valence-corrected chi connectivity index (χ3v) is 6.63. The molecule has 0 saturated carbocycles. The van der Waals surface area contributed by atoms with Crippen molar-refractivity contribution in [2.75, 3.05) is 25.5 Å². The first-order valence-corrected chi connectivity index (χ1v) is 11.8. The lowest BCUT2D eigenvalue weighted by molar-refractivity contribution is -0.129. The van der Waals surface area contributed by atoms with E-state index in [1.165, 1.54) is 11.8 Å². The summed E-state index contributed by atoms with van der Waals surface area (Å²) in [6.07, 6.45) is 1.94. The third kappa shape index (κ3) is 4.17. The number of hydrogen-bond donors (Lipinski definition) is 0. The zero-order valence-corrected chi connectivity index (χ0v) is 19.0. The highest BCUT2D eigenvalue weighted by atomic mass is 32.2. The molecule has 0 spiro atoms. The van der Waals surface area contributed by atoms with Crippen LogP contribution in [0.2, 0.25) is 0 Å². The minimum Gasteiger partial charge on any atom is -0.486 e. The molecule has 1 saturated heterocycles. The highest BCUT2D eigenvalue weighted by molar-refractivity contribution is 7.99. The first-order valence-electron chi connectivity index (χ1n) is 10.8. The molecule has 9 heteroatoms. The molecule has 32 heavy (non-hydrogen) atoms. The molecular weight excluding hydrogens is 426 g/mol. The van der Waals surface area contributed by atoms with Crippen LogP contribution < -0.4 is 9.47 Å². The quantitative estimate of drug-likeness (QED) is 0.549. The van der Waals surface area contributed by atoms with Crippen molar-refractivity contribution in [2.45, 2.75) is 37.8 Å². The molecule has 4 heterocycles. The maximum absolute atomic E-state index is 13.0. The number of ether oxygens (including phenoxy) is 2. The van der Waals surface area contributed by atoms with Crippen molar-refractivity contribution in [1.82, 2.24) is 24.9 Å². The largest absolute Gasteiger partial charge is 0.486 e. The number of nitrogens with zero attached hydrogens (tertiary/aromatic N) is 5. The predicted octanol–water partition coefficient (Wildman–Crippen LogP) is 3.51. The Morgan fingerprint density at radius 3 is 2.69 bits per heavy atom. The van der Waals surface area contributed by atoms with Crippen molar-refractivity contribution in [3.8, 4) is 17.3 Å². The molecule has 0 aliphatic carbocycles. The summed E-state index contributed by atoms with van der Waals surface area (Å²) in [5.41, 5.74) is 3.04. The van der Waals surface area contributed by atoms with Crippen molar-refractivity contribution in [3.05, 3.63) is 53.3 Å². The summed E-state index contributed by atoms with van der Waals surface area (Å²) in [5, 5.41) is 13.7. The topological polar surface area (TPSA) is 82.4 Å². The van der Waals surface area contributed by atoms with E-state index in [2.05, 4.69) is 15.3 Å². The van der Waals surface area contributed by atoms with Crippen LogP contribution in [0.5, 0.6) is 11.5 Å². The van der Waals surface area contributed by atoms with Gasteiger partial charge in [-0.25, -0.2) is 4.68 Å². The molecule has 5 rings (SSSR count). The fraction of sp³-hybridized carbons (Fsp3) is 0.391. The Kier molecular flexibility index (Phi) is 5.73. The van der Waals surface area contributed by atoms with Gasteiger partial charge in [0.1, 0.15) is 18.2 Å². The van der Waals surface area contributed by atoms with E-state index in [9.17, 15) is 4.79 Å². The minimum atomic E-state index is 0.0680. The van der Waals surface area contributed by atoms with Crippen LogP contribution in [0.4, 0.5) is 0 Å². The summed E-state index contributed by atoms with van der Waals surface area (Å²) in [6.45, 7) is 5.82. The Hall–Kier alpha value is -3.07. The summed E-state index contributed by atoms with van der Waals surface area (Å²) < 4.78 is 13.1. The fourth-order valence-corrected chi connectivity index (χ4v) is 4.96. The molecule has 1 fully saturated rings. The zero-order chi connectivity index (χ0) is 22.1. The molecule has 0 bridgehead atoms. The van der Waals surface area contributed by atoms with E-state index in [4.69, 9.17) is 9.47 Å². The molecule has 1 aromatic carbocycles. The lowest BCUT2D eigenvalue weighted by Crippen LogP contribution is -2.32. The van der Waals surface area contributed by atoms with Gasteiger partial charge in [-0.1, -0.05) is 17.8 Å². The first kappa shape index (κ1) is 20.8. The van der Waals surface area contributed by atoms with Gasteiger partial charge in [0.15, 0.2) is 17.3 Å². The second-order valence-electron chi connectivity index (χ2n) is 8.01. The van der Waals surface area contributed by atoms with E-state index in [-0.39, 0.29) is 11.9 Å². The lowest BCUT2D eigenvalue weighted by atomic mass is 10.0. The van der Waals surface area contributed by atoms with Crippen LogP contribution in [-0.2, 0) is 4.79 Å². The van der Waals surface area contributed by atoms with Gasteiger partial charge in [0.05, 0.1) is 17.5 Å². The molecule has 3 aromatic rings. The van der Waals surface area contributed by atoms with Gasteiger partial charge in [-0.3, -0.25) is 4.79 Å². The normalized spacial score (nSPS) is 17.6. The Balaban J connectivity index is 1.23. The Labute approximate surface area is 190 Å². The van der Waals surface area contributed by atoms with Crippen molar-refractivity contribution in [2.24, 2.45) is 0 Å². The van der Waals surface area contributed by atoms with Crippen molar-refractivity contribution < 1.29 is 14.3 Å². The molecule has 2 aromatic heterocycles. The van der Waals surface area contributed by atoms with Crippen LogP contribution in [0.3, 0.4) is 0 Å². The van der Waals surface area contributed by atoms with E-state index in [1.807, 2.05) is 55.1 Å². The number of amides is 1. The number of aromatic nitrogens is 4. The second-order valence-corrected chi connectivity index (χ2v) is 9.00. The van der Waals surface area contributed by atoms with Gasteiger partial charge in [-0.15, -0.1) is 10.2 Å². The SMILES string of the molecule is Cc1cc(C)n(-c2ccc(SCC(=O)N3CCCC3c3ccc4c(c3)OCCO4)nn2)n1. The maximum atomic E-state index is 13.0. The molecule has 0 radical (unpaired) electrons. The number of likely N-dealkylation sites (tertiary alicyclic amines) is 1. The van der Waals surface area contributed by atoms with Crippen LogP contribution in [0.1, 0.15) is 35.8 Å². The van der Waals surface area contributed by atoms with E-state index in [0.717, 1.165) is 52.9 Å². The van der Waals surface area contributed by atoms with Gasteiger partial charge in [0.25, 0.3) is 0 Å².